The minimum absolute atomic E-state index is 0.0852. The van der Waals surface area contributed by atoms with Crippen molar-refractivity contribution in [2.45, 2.75) is 58.8 Å². The Morgan fingerprint density at radius 1 is 1.00 bits per heavy atom. The molecule has 0 aromatic heterocycles. The summed E-state index contributed by atoms with van der Waals surface area (Å²) in [6.45, 7) is 4.85. The Morgan fingerprint density at radius 2 is 1.77 bits per heavy atom. The van der Waals surface area contributed by atoms with Crippen LogP contribution in [0.15, 0.2) is 18.2 Å². The Balaban J connectivity index is 2.08. The first-order valence-electron chi connectivity index (χ1n) is 8.03. The number of carboxylic acid groups (broad SMARTS) is 1. The van der Waals surface area contributed by atoms with Gasteiger partial charge in [0.25, 0.3) is 0 Å². The summed E-state index contributed by atoms with van der Waals surface area (Å²) in [5.74, 6) is -0.669. The summed E-state index contributed by atoms with van der Waals surface area (Å²) in [5.41, 5.74) is 3.87. The van der Waals surface area contributed by atoms with Gasteiger partial charge in [-0.25, -0.2) is 0 Å². The van der Waals surface area contributed by atoms with Crippen LogP contribution in [0.2, 0.25) is 0 Å². The van der Waals surface area contributed by atoms with E-state index < -0.39 is 5.97 Å². The number of rotatable bonds is 10. The molecule has 1 aromatic rings. The Kier molecular flexibility index (Phi) is 8.26. The van der Waals surface area contributed by atoms with Gasteiger partial charge in [0, 0.05) is 19.4 Å². The zero-order valence-corrected chi connectivity index (χ0v) is 13.7. The lowest BCUT2D eigenvalue weighted by atomic mass is 10.0. The van der Waals surface area contributed by atoms with E-state index in [4.69, 9.17) is 5.11 Å². The quantitative estimate of drug-likeness (QED) is 0.651. The van der Waals surface area contributed by atoms with E-state index in [0.29, 0.717) is 19.4 Å². The van der Waals surface area contributed by atoms with Crippen LogP contribution < -0.4 is 5.32 Å². The lowest BCUT2D eigenvalue weighted by Crippen LogP contribution is -2.24. The van der Waals surface area contributed by atoms with Crippen molar-refractivity contribution in [3.05, 3.63) is 34.9 Å². The molecule has 1 rings (SSSR count). The van der Waals surface area contributed by atoms with E-state index in [1.54, 1.807) is 0 Å². The molecule has 0 aliphatic heterocycles. The van der Waals surface area contributed by atoms with Gasteiger partial charge in [-0.15, -0.1) is 0 Å². The van der Waals surface area contributed by atoms with Gasteiger partial charge < -0.3 is 10.4 Å². The summed E-state index contributed by atoms with van der Waals surface area (Å²) in [7, 11) is 0. The zero-order chi connectivity index (χ0) is 16.4. The number of unbranched alkanes of at least 4 members (excludes halogenated alkanes) is 2. The van der Waals surface area contributed by atoms with Gasteiger partial charge in [-0.1, -0.05) is 24.6 Å². The van der Waals surface area contributed by atoms with Crippen LogP contribution in [-0.4, -0.2) is 23.5 Å². The first kappa shape index (κ1) is 18.2. The van der Waals surface area contributed by atoms with Gasteiger partial charge in [0.05, 0.1) is 0 Å². The molecule has 0 heterocycles. The fraction of sp³-hybridized carbons (Fsp3) is 0.556. The fourth-order valence-corrected chi connectivity index (χ4v) is 2.31. The van der Waals surface area contributed by atoms with Crippen LogP contribution >= 0.6 is 0 Å². The van der Waals surface area contributed by atoms with Crippen molar-refractivity contribution >= 4 is 11.9 Å². The highest BCUT2D eigenvalue weighted by atomic mass is 16.4. The molecule has 0 fully saturated rings. The van der Waals surface area contributed by atoms with Crippen LogP contribution in [-0.2, 0) is 16.0 Å². The molecule has 0 saturated carbocycles. The summed E-state index contributed by atoms with van der Waals surface area (Å²) in [5, 5.41) is 11.4. The van der Waals surface area contributed by atoms with Crippen molar-refractivity contribution in [3.63, 3.8) is 0 Å². The van der Waals surface area contributed by atoms with Crippen molar-refractivity contribution in [1.82, 2.24) is 5.32 Å². The number of nitrogens with one attached hydrogen (secondary N) is 1. The van der Waals surface area contributed by atoms with Gasteiger partial charge in [0.2, 0.25) is 5.91 Å². The number of benzene rings is 1. The van der Waals surface area contributed by atoms with E-state index in [1.807, 2.05) is 0 Å². The Labute approximate surface area is 132 Å². The maximum absolute atomic E-state index is 11.7. The van der Waals surface area contributed by atoms with E-state index in [1.165, 1.54) is 16.7 Å². The third-order valence-electron chi connectivity index (χ3n) is 3.83. The molecule has 1 amide bonds. The highest BCUT2D eigenvalue weighted by molar-refractivity contribution is 5.75. The second-order valence-electron chi connectivity index (χ2n) is 5.83. The average Bonchev–Trinajstić information content (AvgIpc) is 2.46. The Morgan fingerprint density at radius 3 is 2.45 bits per heavy atom. The zero-order valence-electron chi connectivity index (χ0n) is 13.7. The topological polar surface area (TPSA) is 66.4 Å². The number of hydrogen-bond acceptors (Lipinski definition) is 2. The van der Waals surface area contributed by atoms with E-state index in [-0.39, 0.29) is 12.3 Å². The predicted octanol–water partition coefficient (Wildman–Crippen LogP) is 3.39. The monoisotopic (exact) mass is 305 g/mol. The van der Waals surface area contributed by atoms with Crippen LogP contribution in [0.25, 0.3) is 0 Å². The summed E-state index contributed by atoms with van der Waals surface area (Å²) in [6.07, 6.45) is 4.90. The summed E-state index contributed by atoms with van der Waals surface area (Å²) >= 11 is 0. The molecule has 22 heavy (non-hydrogen) atoms. The molecule has 2 N–H and O–H groups in total. The number of hydrogen-bond donors (Lipinski definition) is 2. The van der Waals surface area contributed by atoms with Crippen LogP contribution in [0.3, 0.4) is 0 Å². The standard InChI is InChI=1S/C18H27NO3/c1-14-10-11-16(13-15(14)2)7-6-8-17(20)19-12-5-3-4-9-18(21)22/h10-11,13H,3-9,12H2,1-2H3,(H,19,20)(H,21,22). The van der Waals surface area contributed by atoms with Crippen LogP contribution in [0.1, 0.15) is 55.2 Å². The van der Waals surface area contributed by atoms with E-state index in [2.05, 4.69) is 37.4 Å². The minimum Gasteiger partial charge on any atom is -0.481 e. The van der Waals surface area contributed by atoms with Gasteiger partial charge in [-0.2, -0.15) is 0 Å². The van der Waals surface area contributed by atoms with Crippen LogP contribution in [0.4, 0.5) is 0 Å². The third kappa shape index (κ3) is 7.81. The Bertz CT molecular complexity index is 497. The van der Waals surface area contributed by atoms with Crippen molar-refractivity contribution in [2.24, 2.45) is 0 Å². The lowest BCUT2D eigenvalue weighted by molar-refractivity contribution is -0.137. The summed E-state index contributed by atoms with van der Waals surface area (Å²) < 4.78 is 0. The van der Waals surface area contributed by atoms with E-state index in [9.17, 15) is 9.59 Å². The fourth-order valence-electron chi connectivity index (χ4n) is 2.31. The molecule has 0 spiro atoms. The molecule has 0 radical (unpaired) electrons. The molecular formula is C18H27NO3. The van der Waals surface area contributed by atoms with E-state index in [0.717, 1.165) is 25.7 Å². The number of carboxylic acids is 1. The number of carbonyl (C=O) groups excluding carboxylic acids is 1. The summed E-state index contributed by atoms with van der Waals surface area (Å²) in [4.78, 5) is 22.0. The van der Waals surface area contributed by atoms with Gasteiger partial charge in [0.1, 0.15) is 0 Å². The molecule has 0 aliphatic carbocycles. The van der Waals surface area contributed by atoms with Crippen LogP contribution in [0, 0.1) is 13.8 Å². The molecule has 122 valence electrons. The second kappa shape index (κ2) is 9.98. The number of aliphatic carboxylic acids is 1. The predicted molar refractivity (Wildman–Crippen MR) is 88.0 cm³/mol. The Hall–Kier alpha value is -1.84. The normalized spacial score (nSPS) is 10.5. The van der Waals surface area contributed by atoms with Gasteiger partial charge in [-0.3, -0.25) is 9.59 Å². The smallest absolute Gasteiger partial charge is 0.303 e. The highest BCUT2D eigenvalue weighted by Gasteiger charge is 2.02. The third-order valence-corrected chi connectivity index (χ3v) is 3.83. The minimum atomic E-state index is -0.754. The molecule has 1 aromatic carbocycles. The first-order chi connectivity index (χ1) is 10.5. The van der Waals surface area contributed by atoms with Crippen molar-refractivity contribution in [1.29, 1.82) is 0 Å². The summed E-state index contributed by atoms with van der Waals surface area (Å²) in [6, 6.07) is 6.44. The van der Waals surface area contributed by atoms with Gasteiger partial charge in [0.15, 0.2) is 0 Å². The SMILES string of the molecule is Cc1ccc(CCCC(=O)NCCCCCC(=O)O)cc1C. The van der Waals surface area contributed by atoms with Crippen molar-refractivity contribution in [3.8, 4) is 0 Å². The maximum atomic E-state index is 11.7. The highest BCUT2D eigenvalue weighted by Crippen LogP contribution is 2.12. The number of amides is 1. The number of carbonyl (C=O) groups is 2. The number of aryl methyl sites for hydroxylation is 3. The van der Waals surface area contributed by atoms with Crippen molar-refractivity contribution < 1.29 is 14.7 Å². The van der Waals surface area contributed by atoms with E-state index >= 15 is 0 Å². The lowest BCUT2D eigenvalue weighted by Gasteiger charge is -2.06. The maximum Gasteiger partial charge on any atom is 0.303 e. The molecule has 0 bridgehead atoms. The van der Waals surface area contributed by atoms with Crippen molar-refractivity contribution in [2.75, 3.05) is 6.54 Å². The molecule has 4 heteroatoms. The average molecular weight is 305 g/mol. The molecule has 0 saturated heterocycles. The molecule has 0 atom stereocenters. The van der Waals surface area contributed by atoms with Crippen LogP contribution in [0.5, 0.6) is 0 Å². The molecule has 0 unspecified atom stereocenters. The molecule has 0 aliphatic rings. The van der Waals surface area contributed by atoms with Gasteiger partial charge >= 0.3 is 5.97 Å². The first-order valence-corrected chi connectivity index (χ1v) is 8.03. The molecule has 4 nitrogen and oxygen atoms in total. The second-order valence-corrected chi connectivity index (χ2v) is 5.83. The van der Waals surface area contributed by atoms with Gasteiger partial charge in [-0.05, 0) is 56.2 Å². The molecular weight excluding hydrogens is 278 g/mol. The largest absolute Gasteiger partial charge is 0.481 e.